The van der Waals surface area contributed by atoms with Crippen LogP contribution in [0.25, 0.3) is 10.9 Å². The Labute approximate surface area is 115 Å². The van der Waals surface area contributed by atoms with Crippen LogP contribution in [0.15, 0.2) is 35.9 Å². The molecule has 1 aromatic heterocycles. The maximum Gasteiger partial charge on any atom is 0.248 e. The fourth-order valence-corrected chi connectivity index (χ4v) is 3.49. The molecule has 2 aliphatic rings. The van der Waals surface area contributed by atoms with Crippen LogP contribution in [-0.4, -0.2) is 16.7 Å². The third-order valence-electron chi connectivity index (χ3n) is 4.38. The van der Waals surface area contributed by atoms with E-state index in [-0.39, 0.29) is 23.7 Å². The molecule has 1 saturated heterocycles. The van der Waals surface area contributed by atoms with Crippen LogP contribution < -0.4 is 5.32 Å². The van der Waals surface area contributed by atoms with Crippen molar-refractivity contribution in [2.75, 3.05) is 0 Å². The number of aromatic amines is 1. The maximum absolute atomic E-state index is 12.7. The van der Waals surface area contributed by atoms with Crippen LogP contribution in [0.1, 0.15) is 35.4 Å². The standard InChI is InChI=1S/C16H14N2O2/c1-2-8-10-7-12(18-16(8)20)13-9-5-3-4-6-11(9)17-14(13)15(10)19/h2-6,10,12,17H,7H2,1H3,(H,18,20)/b8-2+/t10-,12-/m0/s1. The van der Waals surface area contributed by atoms with Gasteiger partial charge in [0.1, 0.15) is 0 Å². The highest BCUT2D eigenvalue weighted by Gasteiger charge is 2.44. The van der Waals surface area contributed by atoms with Crippen molar-refractivity contribution in [1.29, 1.82) is 0 Å². The van der Waals surface area contributed by atoms with Crippen molar-refractivity contribution in [2.24, 2.45) is 5.92 Å². The molecule has 0 radical (unpaired) electrons. The van der Waals surface area contributed by atoms with E-state index in [0.29, 0.717) is 17.7 Å². The van der Waals surface area contributed by atoms with E-state index in [1.54, 1.807) is 6.08 Å². The van der Waals surface area contributed by atoms with Crippen molar-refractivity contribution in [1.82, 2.24) is 10.3 Å². The SMILES string of the molecule is C/C=C1/C(=O)N[C@H]2C[C@@H]1C(=O)c1[nH]c3ccccc3c12. The summed E-state index contributed by atoms with van der Waals surface area (Å²) in [5, 5.41) is 4.06. The summed E-state index contributed by atoms with van der Waals surface area (Å²) >= 11 is 0. The Kier molecular flexibility index (Phi) is 2.19. The first-order chi connectivity index (χ1) is 9.70. The Morgan fingerprint density at radius 2 is 2.05 bits per heavy atom. The zero-order valence-electron chi connectivity index (χ0n) is 11.1. The second kappa shape index (κ2) is 3.82. The van der Waals surface area contributed by atoms with Crippen LogP contribution in [-0.2, 0) is 4.79 Å². The van der Waals surface area contributed by atoms with Gasteiger partial charge in [-0.15, -0.1) is 0 Å². The number of ketones is 1. The first-order valence-corrected chi connectivity index (χ1v) is 6.82. The first-order valence-electron chi connectivity index (χ1n) is 6.82. The molecular weight excluding hydrogens is 252 g/mol. The molecule has 1 amide bonds. The van der Waals surface area contributed by atoms with E-state index in [9.17, 15) is 9.59 Å². The van der Waals surface area contributed by atoms with E-state index in [1.165, 1.54) is 0 Å². The van der Waals surface area contributed by atoms with Gasteiger partial charge in [-0.3, -0.25) is 9.59 Å². The average Bonchev–Trinajstić information content (AvgIpc) is 2.84. The lowest BCUT2D eigenvalue weighted by atomic mass is 9.75. The molecular formula is C16H14N2O2. The van der Waals surface area contributed by atoms with E-state index in [2.05, 4.69) is 10.3 Å². The second-order valence-corrected chi connectivity index (χ2v) is 5.38. The minimum Gasteiger partial charge on any atom is -0.352 e. The number of fused-ring (bicyclic) bond motifs is 6. The van der Waals surface area contributed by atoms with Crippen LogP contribution in [0.5, 0.6) is 0 Å². The first kappa shape index (κ1) is 11.5. The minimum atomic E-state index is -0.306. The van der Waals surface area contributed by atoms with E-state index >= 15 is 0 Å². The number of piperidine rings is 1. The molecule has 1 fully saturated rings. The lowest BCUT2D eigenvalue weighted by Gasteiger charge is -2.35. The summed E-state index contributed by atoms with van der Waals surface area (Å²) in [5.41, 5.74) is 3.15. The Hall–Kier alpha value is -2.36. The Bertz CT molecular complexity index is 785. The predicted octanol–water partition coefficient (Wildman–Crippen LogP) is 2.49. The molecule has 1 aliphatic carbocycles. The summed E-state index contributed by atoms with van der Waals surface area (Å²) in [5.74, 6) is -0.382. The van der Waals surface area contributed by atoms with Gasteiger partial charge in [-0.05, 0) is 19.4 Å². The van der Waals surface area contributed by atoms with Gasteiger partial charge < -0.3 is 10.3 Å². The molecule has 2 atom stereocenters. The number of para-hydroxylation sites is 1. The molecule has 2 N–H and O–H groups in total. The van der Waals surface area contributed by atoms with Crippen molar-refractivity contribution in [3.05, 3.63) is 47.2 Å². The Morgan fingerprint density at radius 1 is 1.25 bits per heavy atom. The number of aromatic nitrogens is 1. The summed E-state index contributed by atoms with van der Waals surface area (Å²) in [6.07, 6.45) is 2.42. The van der Waals surface area contributed by atoms with Gasteiger partial charge in [-0.25, -0.2) is 0 Å². The molecule has 2 aromatic rings. The monoisotopic (exact) mass is 266 g/mol. The molecule has 0 saturated carbocycles. The molecule has 1 aliphatic heterocycles. The minimum absolute atomic E-state index is 0.0374. The summed E-state index contributed by atoms with van der Waals surface area (Å²) < 4.78 is 0. The van der Waals surface area contributed by atoms with Gasteiger partial charge in [0.05, 0.1) is 17.7 Å². The van der Waals surface area contributed by atoms with Crippen LogP contribution in [0.3, 0.4) is 0 Å². The van der Waals surface area contributed by atoms with Crippen molar-refractivity contribution < 1.29 is 9.59 Å². The van der Waals surface area contributed by atoms with Crippen LogP contribution in [0, 0.1) is 5.92 Å². The topological polar surface area (TPSA) is 62.0 Å². The van der Waals surface area contributed by atoms with Crippen molar-refractivity contribution in [2.45, 2.75) is 19.4 Å². The molecule has 1 aromatic carbocycles. The number of hydrogen-bond donors (Lipinski definition) is 2. The van der Waals surface area contributed by atoms with Gasteiger partial charge >= 0.3 is 0 Å². The average molecular weight is 266 g/mol. The van der Waals surface area contributed by atoms with E-state index in [1.807, 2.05) is 31.2 Å². The number of Topliss-reactive ketones (excluding diaryl/α,β-unsaturated/α-hetero) is 1. The summed E-state index contributed by atoms with van der Waals surface area (Å²) in [7, 11) is 0. The fourth-order valence-electron chi connectivity index (χ4n) is 3.49. The fraction of sp³-hybridized carbons (Fsp3) is 0.250. The zero-order valence-corrected chi connectivity index (χ0v) is 11.1. The van der Waals surface area contributed by atoms with E-state index < -0.39 is 0 Å². The van der Waals surface area contributed by atoms with Gasteiger partial charge in [-0.1, -0.05) is 24.3 Å². The number of amides is 1. The number of benzene rings is 1. The Morgan fingerprint density at radius 3 is 2.85 bits per heavy atom. The molecule has 0 unspecified atom stereocenters. The molecule has 4 heteroatoms. The third kappa shape index (κ3) is 1.31. The summed E-state index contributed by atoms with van der Waals surface area (Å²) in [4.78, 5) is 28.0. The van der Waals surface area contributed by atoms with Crippen molar-refractivity contribution in [3.8, 4) is 0 Å². The number of carbonyl (C=O) groups is 2. The number of carbonyl (C=O) groups excluding carboxylic acids is 2. The molecule has 100 valence electrons. The number of H-pyrrole nitrogens is 1. The van der Waals surface area contributed by atoms with E-state index in [4.69, 9.17) is 0 Å². The van der Waals surface area contributed by atoms with Crippen LogP contribution >= 0.6 is 0 Å². The van der Waals surface area contributed by atoms with Gasteiger partial charge in [0.25, 0.3) is 0 Å². The number of allylic oxidation sites excluding steroid dienone is 1. The number of hydrogen-bond acceptors (Lipinski definition) is 2. The maximum atomic E-state index is 12.7. The quantitative estimate of drug-likeness (QED) is 0.720. The Balaban J connectivity index is 2.00. The molecule has 20 heavy (non-hydrogen) atoms. The van der Waals surface area contributed by atoms with E-state index in [0.717, 1.165) is 16.5 Å². The van der Waals surface area contributed by atoms with Crippen LogP contribution in [0.4, 0.5) is 0 Å². The smallest absolute Gasteiger partial charge is 0.248 e. The highest BCUT2D eigenvalue weighted by molar-refractivity contribution is 6.12. The lowest BCUT2D eigenvalue weighted by Crippen LogP contribution is -2.45. The molecule has 0 spiro atoms. The van der Waals surface area contributed by atoms with Crippen LogP contribution in [0.2, 0.25) is 0 Å². The summed E-state index contributed by atoms with van der Waals surface area (Å²) in [6, 6.07) is 7.78. The molecule has 2 heterocycles. The predicted molar refractivity (Wildman–Crippen MR) is 75.4 cm³/mol. The van der Waals surface area contributed by atoms with Gasteiger partial charge in [0.15, 0.2) is 5.78 Å². The van der Waals surface area contributed by atoms with Gasteiger partial charge in [0, 0.05) is 22.0 Å². The third-order valence-corrected chi connectivity index (χ3v) is 4.38. The normalized spacial score (nSPS) is 26.8. The highest BCUT2D eigenvalue weighted by Crippen LogP contribution is 2.43. The summed E-state index contributed by atoms with van der Waals surface area (Å²) in [6.45, 7) is 1.81. The van der Waals surface area contributed by atoms with Crippen molar-refractivity contribution >= 4 is 22.6 Å². The molecule has 4 rings (SSSR count). The second-order valence-electron chi connectivity index (χ2n) is 5.38. The van der Waals surface area contributed by atoms with Gasteiger partial charge in [0.2, 0.25) is 5.91 Å². The lowest BCUT2D eigenvalue weighted by molar-refractivity contribution is -0.120. The molecule has 4 nitrogen and oxygen atoms in total. The van der Waals surface area contributed by atoms with Gasteiger partial charge in [-0.2, -0.15) is 0 Å². The number of nitrogens with one attached hydrogen (secondary N) is 2. The number of rotatable bonds is 0. The zero-order chi connectivity index (χ0) is 13.9. The highest BCUT2D eigenvalue weighted by atomic mass is 16.2. The largest absolute Gasteiger partial charge is 0.352 e. The van der Waals surface area contributed by atoms with Crippen molar-refractivity contribution in [3.63, 3.8) is 0 Å². The molecule has 2 bridgehead atoms.